The number of morpholine rings is 1. The maximum Gasteiger partial charge on any atom is 0.416 e. The van der Waals surface area contributed by atoms with Crippen LogP contribution >= 0.6 is 0 Å². The number of hydrogen-bond acceptors (Lipinski definition) is 7. The van der Waals surface area contributed by atoms with Gasteiger partial charge in [0.25, 0.3) is 0 Å². The third kappa shape index (κ3) is 8.88. The van der Waals surface area contributed by atoms with Crippen LogP contribution in [-0.2, 0) is 33.2 Å². The number of carboxylic acid groups (broad SMARTS) is 1. The Bertz CT molecular complexity index is 1490. The first kappa shape index (κ1) is 37.4. The van der Waals surface area contributed by atoms with Crippen molar-refractivity contribution in [3.8, 4) is 0 Å². The molecular formula is C35H43F6N5O4. The first-order chi connectivity index (χ1) is 23.7. The number of alkyl halides is 6. The average molecular weight is 712 g/mol. The number of aromatic nitrogens is 2. The number of aliphatic carboxylic acids is 1. The highest BCUT2D eigenvalue weighted by Gasteiger charge is 2.41. The summed E-state index contributed by atoms with van der Waals surface area (Å²) in [7, 11) is 0. The summed E-state index contributed by atoms with van der Waals surface area (Å²) in [5.41, 5.74) is -1.57. The largest absolute Gasteiger partial charge is 0.481 e. The van der Waals surface area contributed by atoms with Crippen LogP contribution in [0.2, 0.25) is 0 Å². The zero-order valence-corrected chi connectivity index (χ0v) is 28.1. The predicted octanol–water partition coefficient (Wildman–Crippen LogP) is 7.31. The number of allylic oxidation sites excluding steroid dienone is 1. The number of ether oxygens (including phenoxy) is 1. The molecule has 1 aromatic carbocycles. The van der Waals surface area contributed by atoms with Crippen molar-refractivity contribution in [1.82, 2.24) is 14.9 Å². The summed E-state index contributed by atoms with van der Waals surface area (Å²) in [6.45, 7) is 5.69. The molecule has 1 aromatic heterocycles. The van der Waals surface area contributed by atoms with Crippen LogP contribution in [0.1, 0.15) is 81.9 Å². The van der Waals surface area contributed by atoms with Gasteiger partial charge in [-0.05, 0) is 75.1 Å². The summed E-state index contributed by atoms with van der Waals surface area (Å²) < 4.78 is 88.4. The van der Waals surface area contributed by atoms with Crippen molar-refractivity contribution in [2.75, 3.05) is 36.1 Å². The van der Waals surface area contributed by atoms with Crippen molar-refractivity contribution in [2.45, 2.75) is 96.2 Å². The highest BCUT2D eigenvalue weighted by Crippen LogP contribution is 2.40. The van der Waals surface area contributed by atoms with E-state index in [4.69, 9.17) is 4.74 Å². The number of benzene rings is 1. The molecule has 3 fully saturated rings. The smallest absolute Gasteiger partial charge is 0.416 e. The van der Waals surface area contributed by atoms with Gasteiger partial charge in [-0.25, -0.2) is 9.97 Å². The number of carboxylic acids is 1. The second kappa shape index (κ2) is 15.6. The van der Waals surface area contributed by atoms with E-state index < -0.39 is 35.5 Å². The van der Waals surface area contributed by atoms with E-state index in [9.17, 15) is 41.0 Å². The lowest BCUT2D eigenvalue weighted by Crippen LogP contribution is -2.52. The van der Waals surface area contributed by atoms with E-state index >= 15 is 0 Å². The molecular weight excluding hydrogens is 668 g/mol. The molecule has 1 aliphatic carbocycles. The van der Waals surface area contributed by atoms with Gasteiger partial charge >= 0.3 is 18.3 Å². The summed E-state index contributed by atoms with van der Waals surface area (Å²) in [6.07, 6.45) is -1.23. The second-order valence-corrected chi connectivity index (χ2v) is 13.3. The summed E-state index contributed by atoms with van der Waals surface area (Å²) in [5, 5.41) is 9.19. The maximum atomic E-state index is 14.0. The van der Waals surface area contributed by atoms with Gasteiger partial charge in [0.2, 0.25) is 11.9 Å². The van der Waals surface area contributed by atoms with Crippen LogP contribution in [0, 0.1) is 11.8 Å². The number of piperidine rings is 1. The van der Waals surface area contributed by atoms with E-state index in [1.807, 2.05) is 22.8 Å². The monoisotopic (exact) mass is 711 g/mol. The first-order valence-electron chi connectivity index (χ1n) is 17.1. The number of rotatable bonds is 9. The Labute approximate surface area is 287 Å². The van der Waals surface area contributed by atoms with Gasteiger partial charge in [0, 0.05) is 56.2 Å². The normalized spacial score (nSPS) is 24.4. The second-order valence-electron chi connectivity index (χ2n) is 13.3. The van der Waals surface area contributed by atoms with Gasteiger partial charge in [0.1, 0.15) is 0 Å². The summed E-state index contributed by atoms with van der Waals surface area (Å²) >= 11 is 0. The fraction of sp³-hybridized carbons (Fsp3) is 0.600. The van der Waals surface area contributed by atoms with Crippen molar-refractivity contribution in [3.63, 3.8) is 0 Å². The fourth-order valence-electron chi connectivity index (χ4n) is 7.42. The highest BCUT2D eigenvalue weighted by atomic mass is 19.4. The zero-order chi connectivity index (χ0) is 36.2. The lowest BCUT2D eigenvalue weighted by Gasteiger charge is -2.46. The number of nitrogens with zero attached hydrogens (tertiary/aromatic N) is 5. The van der Waals surface area contributed by atoms with E-state index in [0.717, 1.165) is 17.8 Å². The molecule has 2 atom stereocenters. The van der Waals surface area contributed by atoms with Crippen LogP contribution in [0.3, 0.4) is 0 Å². The van der Waals surface area contributed by atoms with Gasteiger partial charge < -0.3 is 24.5 Å². The molecule has 5 rings (SSSR count). The lowest BCUT2D eigenvalue weighted by molar-refractivity contribution is -0.143. The topological polar surface area (TPSA) is 99.1 Å². The van der Waals surface area contributed by atoms with Crippen LogP contribution in [-0.4, -0.2) is 70.2 Å². The maximum absolute atomic E-state index is 14.0. The van der Waals surface area contributed by atoms with Crippen molar-refractivity contribution in [2.24, 2.45) is 11.8 Å². The molecule has 50 heavy (non-hydrogen) atoms. The van der Waals surface area contributed by atoms with Crippen LogP contribution in [0.5, 0.6) is 0 Å². The van der Waals surface area contributed by atoms with Gasteiger partial charge in [-0.1, -0.05) is 13.0 Å². The number of carbonyl (C=O) groups excluding carboxylic acids is 1. The Balaban J connectivity index is 1.46. The molecule has 0 bridgehead atoms. The molecule has 0 spiro atoms. The van der Waals surface area contributed by atoms with E-state index in [1.54, 1.807) is 24.2 Å². The molecule has 274 valence electrons. The van der Waals surface area contributed by atoms with Crippen molar-refractivity contribution in [1.29, 1.82) is 0 Å². The van der Waals surface area contributed by atoms with Crippen LogP contribution in [0.15, 0.2) is 42.4 Å². The standard InChI is InChI=1S/C35H43F6N5O4/c1-3-27-17-29(18-28(4-2)46(27)32(49)24-7-5-22(6-8-24)15-31(47)48)45(33-42-19-30(20-43-33)44-9-11-50-12-10-44)21-23-13-25(34(36,37)38)16-26(14-23)35(39,40)41/h3,13-14,16,19-20,22,24,28-29H,4-12,15,17-18,21H2,1-2H3,(H,47,48)/b27-3+/t22?,24?,28-,29-/m0/s1. The van der Waals surface area contributed by atoms with E-state index in [2.05, 4.69) is 9.97 Å². The molecule has 3 aliphatic rings. The van der Waals surface area contributed by atoms with Crippen LogP contribution < -0.4 is 9.80 Å². The molecule has 0 unspecified atom stereocenters. The Hall–Kier alpha value is -3.88. The summed E-state index contributed by atoms with van der Waals surface area (Å²) in [5.74, 6) is -0.975. The van der Waals surface area contributed by atoms with Crippen LogP contribution in [0.25, 0.3) is 0 Å². The number of hydrogen-bond donors (Lipinski definition) is 1. The quantitative estimate of drug-likeness (QED) is 0.271. The third-order valence-corrected chi connectivity index (χ3v) is 10.1. The fourth-order valence-corrected chi connectivity index (χ4v) is 7.42. The van der Waals surface area contributed by atoms with Crippen molar-refractivity contribution >= 4 is 23.5 Å². The van der Waals surface area contributed by atoms with Gasteiger partial charge in [0.15, 0.2) is 0 Å². The molecule has 1 amide bonds. The molecule has 1 saturated carbocycles. The molecule has 2 aliphatic heterocycles. The van der Waals surface area contributed by atoms with E-state index in [-0.39, 0.29) is 60.7 Å². The van der Waals surface area contributed by atoms with Gasteiger partial charge in [-0.15, -0.1) is 0 Å². The number of likely N-dealkylation sites (tertiary alicyclic amines) is 1. The molecule has 15 heteroatoms. The zero-order valence-electron chi connectivity index (χ0n) is 28.1. The predicted molar refractivity (Wildman–Crippen MR) is 173 cm³/mol. The molecule has 2 saturated heterocycles. The number of amides is 1. The Kier molecular flexibility index (Phi) is 11.6. The number of anilines is 2. The Morgan fingerprint density at radius 1 is 0.980 bits per heavy atom. The molecule has 3 heterocycles. The van der Waals surface area contributed by atoms with Crippen molar-refractivity contribution in [3.05, 3.63) is 59.1 Å². The van der Waals surface area contributed by atoms with Gasteiger partial charge in [-0.3, -0.25) is 9.59 Å². The first-order valence-corrected chi connectivity index (χ1v) is 17.1. The minimum absolute atomic E-state index is 0.0300. The average Bonchev–Trinajstić information content (AvgIpc) is 3.09. The van der Waals surface area contributed by atoms with E-state index in [1.165, 1.54) is 0 Å². The lowest BCUT2D eigenvalue weighted by atomic mass is 9.79. The summed E-state index contributed by atoms with van der Waals surface area (Å²) in [4.78, 5) is 39.9. The SMILES string of the molecule is C/C=C1\C[C@H](N(Cc2cc(C(F)(F)F)cc(C(F)(F)F)c2)c2ncc(N3CCOCC3)cn2)C[C@H](CC)N1C(=O)C1CCC(CC(=O)O)CC1. The Morgan fingerprint density at radius 3 is 2.10 bits per heavy atom. The highest BCUT2D eigenvalue weighted by molar-refractivity contribution is 5.81. The van der Waals surface area contributed by atoms with Crippen LogP contribution in [0.4, 0.5) is 38.0 Å². The third-order valence-electron chi connectivity index (χ3n) is 10.1. The molecule has 0 radical (unpaired) electrons. The van der Waals surface area contributed by atoms with Gasteiger partial charge in [-0.2, -0.15) is 26.3 Å². The van der Waals surface area contributed by atoms with Gasteiger partial charge in [0.05, 0.1) is 42.4 Å². The number of halogens is 6. The van der Waals surface area contributed by atoms with Crippen molar-refractivity contribution < 1.29 is 45.8 Å². The molecule has 1 N–H and O–H groups in total. The summed E-state index contributed by atoms with van der Waals surface area (Å²) in [6, 6.07) is 0.826. The van der Waals surface area contributed by atoms with E-state index in [0.29, 0.717) is 70.5 Å². The molecule has 2 aromatic rings. The minimum atomic E-state index is -5.00. The number of carbonyl (C=O) groups is 2. The Morgan fingerprint density at radius 2 is 1.58 bits per heavy atom. The minimum Gasteiger partial charge on any atom is -0.481 e. The molecule has 9 nitrogen and oxygen atoms in total.